The summed E-state index contributed by atoms with van der Waals surface area (Å²) in [4.78, 5) is 32.2. The largest absolute Gasteiger partial charge is 0.465 e. The number of methoxy groups -OCH3 is 1. The number of rotatable bonds is 3. The van der Waals surface area contributed by atoms with Gasteiger partial charge in [0.1, 0.15) is 0 Å². The molecule has 0 spiro atoms. The van der Waals surface area contributed by atoms with E-state index < -0.39 is 12.2 Å². The van der Waals surface area contributed by atoms with E-state index in [1.54, 1.807) is 30.5 Å². The van der Waals surface area contributed by atoms with Crippen molar-refractivity contribution >= 4 is 29.5 Å². The predicted molar refractivity (Wildman–Crippen MR) is 89.9 cm³/mol. The number of hydrogen-bond acceptors (Lipinski definition) is 6. The highest BCUT2D eigenvalue weighted by molar-refractivity contribution is 5.84. The summed E-state index contributed by atoms with van der Waals surface area (Å²) in [7, 11) is 1.30. The van der Waals surface area contributed by atoms with Crippen molar-refractivity contribution in [1.29, 1.82) is 0 Å². The Morgan fingerprint density at radius 3 is 2.64 bits per heavy atom. The average Bonchev–Trinajstić information content (AvgIpc) is 2.62. The number of hydrogen-bond donors (Lipinski definition) is 3. The second-order valence-corrected chi connectivity index (χ2v) is 5.44. The maximum absolute atomic E-state index is 11.2. The monoisotopic (exact) mass is 343 g/mol. The van der Waals surface area contributed by atoms with E-state index in [4.69, 9.17) is 5.11 Å². The van der Waals surface area contributed by atoms with E-state index in [1.165, 1.54) is 12.0 Å². The lowest BCUT2D eigenvalue weighted by Gasteiger charge is -2.25. The molecule has 3 N–H and O–H groups in total. The van der Waals surface area contributed by atoms with E-state index >= 15 is 0 Å². The molecule has 0 fully saturated rings. The second kappa shape index (κ2) is 7.04. The smallest absolute Gasteiger partial charge is 0.411 e. The van der Waals surface area contributed by atoms with Gasteiger partial charge in [0.2, 0.25) is 5.95 Å². The van der Waals surface area contributed by atoms with Gasteiger partial charge in [-0.15, -0.1) is 0 Å². The van der Waals surface area contributed by atoms with Crippen LogP contribution in [0.5, 0.6) is 0 Å². The molecule has 0 unspecified atom stereocenters. The summed E-state index contributed by atoms with van der Waals surface area (Å²) < 4.78 is 4.53. The van der Waals surface area contributed by atoms with Crippen LogP contribution in [0.25, 0.3) is 0 Å². The number of carbonyl (C=O) groups is 2. The van der Waals surface area contributed by atoms with Crippen molar-refractivity contribution in [3.8, 4) is 0 Å². The zero-order chi connectivity index (χ0) is 17.8. The second-order valence-electron chi connectivity index (χ2n) is 5.44. The fourth-order valence-corrected chi connectivity index (χ4v) is 2.46. The molecule has 25 heavy (non-hydrogen) atoms. The quantitative estimate of drug-likeness (QED) is 0.783. The first-order chi connectivity index (χ1) is 12.0. The highest BCUT2D eigenvalue weighted by Crippen LogP contribution is 2.20. The van der Waals surface area contributed by atoms with Crippen molar-refractivity contribution in [3.05, 3.63) is 41.7 Å². The van der Waals surface area contributed by atoms with Crippen molar-refractivity contribution in [2.75, 3.05) is 24.3 Å². The van der Waals surface area contributed by atoms with Crippen molar-refractivity contribution < 1.29 is 19.4 Å². The van der Waals surface area contributed by atoms with Gasteiger partial charge in [-0.3, -0.25) is 5.32 Å². The molecule has 1 aliphatic heterocycles. The van der Waals surface area contributed by atoms with Gasteiger partial charge in [0.15, 0.2) is 0 Å². The first kappa shape index (κ1) is 16.5. The lowest BCUT2D eigenvalue weighted by Crippen LogP contribution is -2.35. The molecule has 1 aliphatic rings. The van der Waals surface area contributed by atoms with Crippen LogP contribution in [-0.4, -0.2) is 45.8 Å². The Hall–Kier alpha value is -3.36. The number of amides is 2. The molecule has 0 saturated carbocycles. The molecule has 3 rings (SSSR count). The highest BCUT2D eigenvalue weighted by atomic mass is 16.5. The molecule has 0 radical (unpaired) electrons. The Kier molecular flexibility index (Phi) is 4.64. The third kappa shape index (κ3) is 3.94. The topological polar surface area (TPSA) is 117 Å². The summed E-state index contributed by atoms with van der Waals surface area (Å²) in [5, 5.41) is 14.7. The Morgan fingerprint density at radius 1 is 1.24 bits per heavy atom. The zero-order valence-electron chi connectivity index (χ0n) is 13.5. The molecule has 1 aromatic carbocycles. The number of carboxylic acid groups (broad SMARTS) is 1. The Bertz CT molecular complexity index is 794. The van der Waals surface area contributed by atoms with Gasteiger partial charge in [-0.1, -0.05) is 0 Å². The van der Waals surface area contributed by atoms with Crippen LogP contribution in [0.15, 0.2) is 30.5 Å². The normalized spacial score (nSPS) is 12.9. The molecule has 2 amide bonds. The van der Waals surface area contributed by atoms with Crippen molar-refractivity contribution in [2.24, 2.45) is 0 Å². The number of anilines is 3. The zero-order valence-corrected chi connectivity index (χ0v) is 13.5. The summed E-state index contributed by atoms with van der Waals surface area (Å²) in [6, 6.07) is 6.95. The summed E-state index contributed by atoms with van der Waals surface area (Å²) in [5.74, 6) is 0.389. The van der Waals surface area contributed by atoms with E-state index in [9.17, 15) is 9.59 Å². The minimum atomic E-state index is -0.951. The standard InChI is InChI=1S/C16H17N5O4/c1-25-15(22)19-12-4-2-11(3-5-12)18-14-17-8-10-6-7-21(16(23)24)9-13(10)20-14/h2-5,8H,6-7,9H2,1H3,(H,19,22)(H,23,24)(H,17,18,20). The fraction of sp³-hybridized carbons (Fsp3) is 0.250. The molecular formula is C16H17N5O4. The molecule has 130 valence electrons. The minimum absolute atomic E-state index is 0.254. The first-order valence-corrected chi connectivity index (χ1v) is 7.60. The van der Waals surface area contributed by atoms with Crippen LogP contribution < -0.4 is 10.6 Å². The molecule has 0 saturated heterocycles. The van der Waals surface area contributed by atoms with Crippen LogP contribution in [0.1, 0.15) is 11.3 Å². The van der Waals surface area contributed by atoms with E-state index in [0.717, 1.165) is 11.3 Å². The van der Waals surface area contributed by atoms with Gasteiger partial charge >= 0.3 is 12.2 Å². The summed E-state index contributed by atoms with van der Waals surface area (Å²) in [6.07, 6.45) is 0.835. The Labute approximate surface area is 143 Å². The molecule has 9 nitrogen and oxygen atoms in total. The average molecular weight is 343 g/mol. The lowest BCUT2D eigenvalue weighted by molar-refractivity contribution is 0.139. The molecule has 0 atom stereocenters. The summed E-state index contributed by atoms with van der Waals surface area (Å²) >= 11 is 0. The summed E-state index contributed by atoms with van der Waals surface area (Å²) in [6.45, 7) is 0.705. The molecule has 1 aromatic heterocycles. The molecule has 0 aliphatic carbocycles. The molecular weight excluding hydrogens is 326 g/mol. The van der Waals surface area contributed by atoms with Crippen molar-refractivity contribution in [1.82, 2.24) is 14.9 Å². The number of nitrogens with one attached hydrogen (secondary N) is 2. The molecule has 9 heteroatoms. The van der Waals surface area contributed by atoms with Gasteiger partial charge in [0.05, 0.1) is 19.3 Å². The van der Waals surface area contributed by atoms with Gasteiger partial charge in [-0.25, -0.2) is 19.6 Å². The first-order valence-electron chi connectivity index (χ1n) is 7.60. The van der Waals surface area contributed by atoms with Gasteiger partial charge in [-0.2, -0.15) is 0 Å². The van der Waals surface area contributed by atoms with Crippen LogP contribution in [0.4, 0.5) is 26.9 Å². The van der Waals surface area contributed by atoms with Crippen LogP contribution in [0, 0.1) is 0 Å². The van der Waals surface area contributed by atoms with Gasteiger partial charge in [-0.05, 0) is 36.2 Å². The van der Waals surface area contributed by atoms with E-state index in [-0.39, 0.29) is 6.54 Å². The molecule has 2 heterocycles. The Balaban J connectivity index is 1.70. The van der Waals surface area contributed by atoms with Crippen LogP contribution in [0.2, 0.25) is 0 Å². The van der Waals surface area contributed by atoms with Crippen LogP contribution in [-0.2, 0) is 17.7 Å². The molecule has 2 aromatic rings. The maximum atomic E-state index is 11.2. The van der Waals surface area contributed by atoms with Crippen molar-refractivity contribution in [2.45, 2.75) is 13.0 Å². The molecule has 0 bridgehead atoms. The number of nitrogens with zero attached hydrogens (tertiary/aromatic N) is 3. The third-order valence-electron chi connectivity index (χ3n) is 3.79. The fourth-order valence-electron chi connectivity index (χ4n) is 2.46. The maximum Gasteiger partial charge on any atom is 0.411 e. The Morgan fingerprint density at radius 2 is 1.96 bits per heavy atom. The lowest BCUT2D eigenvalue weighted by atomic mass is 10.1. The SMILES string of the molecule is COC(=O)Nc1ccc(Nc2ncc3c(n2)CN(C(=O)O)CC3)cc1. The van der Waals surface area contributed by atoms with Crippen LogP contribution >= 0.6 is 0 Å². The van der Waals surface area contributed by atoms with Gasteiger partial charge in [0.25, 0.3) is 0 Å². The van der Waals surface area contributed by atoms with Gasteiger partial charge in [0, 0.05) is 24.1 Å². The van der Waals surface area contributed by atoms with E-state index in [0.29, 0.717) is 30.3 Å². The number of carbonyl (C=O) groups excluding carboxylic acids is 1. The summed E-state index contributed by atoms with van der Waals surface area (Å²) in [5.41, 5.74) is 3.00. The third-order valence-corrected chi connectivity index (χ3v) is 3.79. The number of fused-ring (bicyclic) bond motifs is 1. The predicted octanol–water partition coefficient (Wildman–Crippen LogP) is 2.43. The van der Waals surface area contributed by atoms with E-state index in [2.05, 4.69) is 25.3 Å². The highest BCUT2D eigenvalue weighted by Gasteiger charge is 2.21. The van der Waals surface area contributed by atoms with E-state index in [1.807, 2.05) is 0 Å². The number of aromatic nitrogens is 2. The minimum Gasteiger partial charge on any atom is -0.465 e. The van der Waals surface area contributed by atoms with Crippen molar-refractivity contribution in [3.63, 3.8) is 0 Å². The number of benzene rings is 1. The number of ether oxygens (including phenoxy) is 1. The van der Waals surface area contributed by atoms with Gasteiger partial charge < -0.3 is 20.1 Å². The van der Waals surface area contributed by atoms with Crippen LogP contribution in [0.3, 0.4) is 0 Å².